The van der Waals surface area contributed by atoms with Crippen molar-refractivity contribution in [1.82, 2.24) is 9.80 Å². The number of benzene rings is 1. The summed E-state index contributed by atoms with van der Waals surface area (Å²) in [6.07, 6.45) is 3.36. The largest absolute Gasteiger partial charge is 0.340 e. The van der Waals surface area contributed by atoms with Gasteiger partial charge in [-0.3, -0.25) is 9.59 Å². The van der Waals surface area contributed by atoms with Crippen molar-refractivity contribution in [3.05, 3.63) is 34.1 Å². The zero-order chi connectivity index (χ0) is 16.1. The van der Waals surface area contributed by atoms with E-state index in [0.717, 1.165) is 23.7 Å². The second-order valence-electron chi connectivity index (χ2n) is 5.61. The summed E-state index contributed by atoms with van der Waals surface area (Å²) in [7, 11) is 1.63. The van der Waals surface area contributed by atoms with Gasteiger partial charge in [0.15, 0.2) is 0 Å². The lowest BCUT2D eigenvalue weighted by molar-refractivity contribution is -0.139. The molecule has 6 heteroatoms. The Kier molecular flexibility index (Phi) is 5.94. The molecule has 0 bridgehead atoms. The molecule has 0 N–H and O–H groups in total. The van der Waals surface area contributed by atoms with E-state index in [4.69, 9.17) is 0 Å². The molecule has 0 saturated carbocycles. The lowest BCUT2D eigenvalue weighted by atomic mass is 10.2. The van der Waals surface area contributed by atoms with Gasteiger partial charge < -0.3 is 9.80 Å². The molecule has 0 atom stereocenters. The summed E-state index contributed by atoms with van der Waals surface area (Å²) in [4.78, 5) is 27.3. The summed E-state index contributed by atoms with van der Waals surface area (Å²) >= 11 is 3.30. The molecular formula is C16H20BrFN2O2. The van der Waals surface area contributed by atoms with E-state index in [-0.39, 0.29) is 30.7 Å². The molecule has 1 aromatic rings. The minimum Gasteiger partial charge on any atom is -0.340 e. The molecule has 22 heavy (non-hydrogen) atoms. The van der Waals surface area contributed by atoms with Crippen LogP contribution in [0.1, 0.15) is 31.2 Å². The van der Waals surface area contributed by atoms with Crippen LogP contribution in [-0.4, -0.2) is 41.8 Å². The van der Waals surface area contributed by atoms with Crippen molar-refractivity contribution in [2.45, 2.75) is 32.2 Å². The molecule has 1 heterocycles. The number of halogens is 2. The number of amides is 2. The van der Waals surface area contributed by atoms with Crippen molar-refractivity contribution in [3.8, 4) is 0 Å². The maximum atomic E-state index is 13.7. The second kappa shape index (κ2) is 7.72. The van der Waals surface area contributed by atoms with Crippen molar-refractivity contribution < 1.29 is 14.0 Å². The highest BCUT2D eigenvalue weighted by atomic mass is 79.9. The fourth-order valence-corrected chi connectivity index (χ4v) is 2.91. The third-order valence-corrected chi connectivity index (χ3v) is 4.33. The predicted octanol–water partition coefficient (Wildman–Crippen LogP) is 2.95. The number of rotatable bonds is 4. The molecule has 1 aromatic carbocycles. The Morgan fingerprint density at radius 2 is 2.14 bits per heavy atom. The third-order valence-electron chi connectivity index (χ3n) is 3.84. The van der Waals surface area contributed by atoms with E-state index in [1.165, 1.54) is 11.0 Å². The number of nitrogens with zero attached hydrogens (tertiary/aromatic N) is 2. The van der Waals surface area contributed by atoms with Crippen LogP contribution < -0.4 is 0 Å². The van der Waals surface area contributed by atoms with E-state index < -0.39 is 0 Å². The van der Waals surface area contributed by atoms with Gasteiger partial charge in [-0.05, 0) is 31.0 Å². The normalized spacial score (nSPS) is 15.6. The maximum Gasteiger partial charge on any atom is 0.242 e. The van der Waals surface area contributed by atoms with E-state index >= 15 is 0 Å². The van der Waals surface area contributed by atoms with Crippen LogP contribution in [0.15, 0.2) is 22.7 Å². The molecule has 2 amide bonds. The highest BCUT2D eigenvalue weighted by Gasteiger charge is 2.21. The summed E-state index contributed by atoms with van der Waals surface area (Å²) < 4.78 is 14.5. The standard InChI is InChI=1S/C16H20BrFN2O2/c1-19(10-12-9-13(17)6-7-14(12)18)16(22)11-20-8-4-2-3-5-15(20)21/h6-7,9H,2-5,8,10-11H2,1H3. The van der Waals surface area contributed by atoms with Gasteiger partial charge in [-0.2, -0.15) is 0 Å². The van der Waals surface area contributed by atoms with Crippen molar-refractivity contribution in [2.24, 2.45) is 0 Å². The molecule has 1 fully saturated rings. The monoisotopic (exact) mass is 370 g/mol. The lowest BCUT2D eigenvalue weighted by Crippen LogP contribution is -2.41. The van der Waals surface area contributed by atoms with Gasteiger partial charge in [-0.15, -0.1) is 0 Å². The topological polar surface area (TPSA) is 40.6 Å². The Morgan fingerprint density at radius 3 is 2.91 bits per heavy atom. The van der Waals surface area contributed by atoms with Crippen LogP contribution >= 0.6 is 15.9 Å². The molecule has 2 rings (SSSR count). The number of hydrogen-bond acceptors (Lipinski definition) is 2. The summed E-state index contributed by atoms with van der Waals surface area (Å²) in [6.45, 7) is 0.890. The third kappa shape index (κ3) is 4.53. The first-order valence-electron chi connectivity index (χ1n) is 7.43. The summed E-state index contributed by atoms with van der Waals surface area (Å²) in [6, 6.07) is 4.66. The smallest absolute Gasteiger partial charge is 0.242 e. The van der Waals surface area contributed by atoms with Gasteiger partial charge in [-0.25, -0.2) is 4.39 Å². The summed E-state index contributed by atoms with van der Waals surface area (Å²) in [5.74, 6) is -0.476. The van der Waals surface area contributed by atoms with Crippen molar-refractivity contribution in [3.63, 3.8) is 0 Å². The minimum atomic E-state index is -0.339. The van der Waals surface area contributed by atoms with Gasteiger partial charge in [0.25, 0.3) is 0 Å². The average molecular weight is 371 g/mol. The van der Waals surface area contributed by atoms with Crippen LogP contribution in [0.25, 0.3) is 0 Å². The molecule has 0 aliphatic carbocycles. The highest BCUT2D eigenvalue weighted by Crippen LogP contribution is 2.17. The number of likely N-dealkylation sites (tertiary alicyclic amines) is 1. The number of hydrogen-bond donors (Lipinski definition) is 0. The molecule has 1 aliphatic rings. The molecule has 0 radical (unpaired) electrons. The zero-order valence-corrected chi connectivity index (χ0v) is 14.2. The zero-order valence-electron chi connectivity index (χ0n) is 12.6. The van der Waals surface area contributed by atoms with Crippen molar-refractivity contribution in [1.29, 1.82) is 0 Å². The summed E-state index contributed by atoms with van der Waals surface area (Å²) in [5, 5.41) is 0. The van der Waals surface area contributed by atoms with Gasteiger partial charge in [-0.1, -0.05) is 22.4 Å². The van der Waals surface area contributed by atoms with E-state index in [9.17, 15) is 14.0 Å². The van der Waals surface area contributed by atoms with Gasteiger partial charge in [0.05, 0.1) is 6.54 Å². The molecule has 0 aromatic heterocycles. The molecule has 1 aliphatic heterocycles. The molecule has 120 valence electrons. The number of likely N-dealkylation sites (N-methyl/N-ethyl adjacent to an activating group) is 1. The van der Waals surface area contributed by atoms with Gasteiger partial charge in [0.2, 0.25) is 11.8 Å². The van der Waals surface area contributed by atoms with Crippen LogP contribution in [0.4, 0.5) is 4.39 Å². The average Bonchev–Trinajstić information content (AvgIpc) is 2.68. The molecule has 4 nitrogen and oxygen atoms in total. The van der Waals surface area contributed by atoms with Crippen LogP contribution in [-0.2, 0) is 16.1 Å². The van der Waals surface area contributed by atoms with E-state index in [0.29, 0.717) is 18.5 Å². The van der Waals surface area contributed by atoms with E-state index in [1.54, 1.807) is 24.1 Å². The fourth-order valence-electron chi connectivity index (χ4n) is 2.50. The molecule has 0 spiro atoms. The van der Waals surface area contributed by atoms with Gasteiger partial charge in [0, 0.05) is 36.6 Å². The number of carbonyl (C=O) groups excluding carboxylic acids is 2. The summed E-state index contributed by atoms with van der Waals surface area (Å²) in [5.41, 5.74) is 0.451. The van der Waals surface area contributed by atoms with Crippen molar-refractivity contribution in [2.75, 3.05) is 20.1 Å². The first-order valence-corrected chi connectivity index (χ1v) is 8.22. The minimum absolute atomic E-state index is 0.0351. The Morgan fingerprint density at radius 1 is 1.36 bits per heavy atom. The Labute approximate surface area is 138 Å². The first kappa shape index (κ1) is 16.9. The Hall–Kier alpha value is -1.43. The SMILES string of the molecule is CN(Cc1cc(Br)ccc1F)C(=O)CN1CCCCCC1=O. The fraction of sp³-hybridized carbons (Fsp3) is 0.500. The van der Waals surface area contributed by atoms with Crippen LogP contribution in [0.3, 0.4) is 0 Å². The van der Waals surface area contributed by atoms with E-state index in [2.05, 4.69) is 15.9 Å². The van der Waals surface area contributed by atoms with E-state index in [1.807, 2.05) is 0 Å². The Bertz CT molecular complexity index is 565. The highest BCUT2D eigenvalue weighted by molar-refractivity contribution is 9.10. The quantitative estimate of drug-likeness (QED) is 0.817. The van der Waals surface area contributed by atoms with Gasteiger partial charge in [0.1, 0.15) is 5.82 Å². The van der Waals surface area contributed by atoms with Crippen LogP contribution in [0.2, 0.25) is 0 Å². The maximum absolute atomic E-state index is 13.7. The first-order chi connectivity index (χ1) is 10.5. The predicted molar refractivity (Wildman–Crippen MR) is 85.6 cm³/mol. The second-order valence-corrected chi connectivity index (χ2v) is 6.53. The van der Waals surface area contributed by atoms with Gasteiger partial charge >= 0.3 is 0 Å². The van der Waals surface area contributed by atoms with Crippen LogP contribution in [0.5, 0.6) is 0 Å². The lowest BCUT2D eigenvalue weighted by Gasteiger charge is -2.24. The number of carbonyl (C=O) groups is 2. The Balaban J connectivity index is 1.96. The van der Waals surface area contributed by atoms with Crippen LogP contribution in [0, 0.1) is 5.82 Å². The van der Waals surface area contributed by atoms with Crippen molar-refractivity contribution >= 4 is 27.7 Å². The molecule has 1 saturated heterocycles. The molecule has 0 unspecified atom stereocenters. The molecular weight excluding hydrogens is 351 g/mol.